The average Bonchev–Trinajstić information content (AvgIpc) is 3.28. The Hall–Kier alpha value is -3.28. The fourth-order valence-corrected chi connectivity index (χ4v) is 4.19. The Kier molecular flexibility index (Phi) is 5.72. The summed E-state index contributed by atoms with van der Waals surface area (Å²) in [5.41, 5.74) is 5.44. The van der Waals surface area contributed by atoms with Gasteiger partial charge < -0.3 is 14.4 Å². The minimum Gasteiger partial charge on any atom is -0.493 e. The molecule has 2 aromatic carbocycles. The van der Waals surface area contributed by atoms with E-state index in [1.54, 1.807) is 7.11 Å². The van der Waals surface area contributed by atoms with Crippen molar-refractivity contribution >= 4 is 5.91 Å². The number of rotatable bonds is 7. The van der Waals surface area contributed by atoms with Gasteiger partial charge in [0.2, 0.25) is 0 Å². The number of fused-ring (bicyclic) bond motifs is 1. The van der Waals surface area contributed by atoms with Gasteiger partial charge in [-0.3, -0.25) is 9.89 Å². The van der Waals surface area contributed by atoms with E-state index in [1.165, 1.54) is 5.56 Å². The number of nitrogens with one attached hydrogen (secondary N) is 1. The molecule has 6 nitrogen and oxygen atoms in total. The van der Waals surface area contributed by atoms with Gasteiger partial charge in [-0.2, -0.15) is 5.10 Å². The Morgan fingerprint density at radius 3 is 2.52 bits per heavy atom. The first-order valence-electron chi connectivity index (χ1n) is 10.7. The summed E-state index contributed by atoms with van der Waals surface area (Å²) in [6.45, 7) is 9.44. The van der Waals surface area contributed by atoms with Gasteiger partial charge in [-0.1, -0.05) is 49.7 Å². The standard InChI is InChI=1S/C25H29N3O3/c1-6-31-19-12-11-18(13-20(19)30-5)24-21-22(17-9-7-16(4)8-10-17)26-27-23(21)25(29)28(24)14-15(2)3/h7-13,15,24H,6,14H2,1-5H3,(H,26,27). The first-order chi connectivity index (χ1) is 14.9. The van der Waals surface area contributed by atoms with Gasteiger partial charge in [0.15, 0.2) is 11.5 Å². The fourth-order valence-electron chi connectivity index (χ4n) is 4.19. The van der Waals surface area contributed by atoms with E-state index >= 15 is 0 Å². The number of aryl methyl sites for hydroxylation is 1. The Balaban J connectivity index is 1.86. The molecule has 0 fully saturated rings. The zero-order valence-electron chi connectivity index (χ0n) is 18.7. The van der Waals surface area contributed by atoms with Crippen molar-refractivity contribution in [2.45, 2.75) is 33.7 Å². The third-order valence-electron chi connectivity index (χ3n) is 5.55. The van der Waals surface area contributed by atoms with Crippen LogP contribution in [-0.4, -0.2) is 41.3 Å². The van der Waals surface area contributed by atoms with Crippen LogP contribution in [0.25, 0.3) is 11.3 Å². The van der Waals surface area contributed by atoms with E-state index in [4.69, 9.17) is 9.47 Å². The van der Waals surface area contributed by atoms with Crippen molar-refractivity contribution < 1.29 is 14.3 Å². The van der Waals surface area contributed by atoms with Crippen molar-refractivity contribution in [3.8, 4) is 22.8 Å². The molecular weight excluding hydrogens is 390 g/mol. The number of ether oxygens (including phenoxy) is 2. The number of carbonyl (C=O) groups excluding carboxylic acids is 1. The van der Waals surface area contributed by atoms with Crippen LogP contribution in [0.2, 0.25) is 0 Å². The summed E-state index contributed by atoms with van der Waals surface area (Å²) in [5.74, 6) is 1.66. The first kappa shape index (κ1) is 21.0. The lowest BCUT2D eigenvalue weighted by Gasteiger charge is -2.28. The molecule has 1 aliphatic rings. The number of amides is 1. The first-order valence-corrected chi connectivity index (χ1v) is 10.7. The number of carbonyl (C=O) groups is 1. The second kappa shape index (κ2) is 8.46. The second-order valence-corrected chi connectivity index (χ2v) is 8.32. The van der Waals surface area contributed by atoms with Crippen LogP contribution < -0.4 is 9.47 Å². The molecule has 0 saturated carbocycles. The summed E-state index contributed by atoms with van der Waals surface area (Å²) in [6, 6.07) is 13.9. The van der Waals surface area contributed by atoms with Gasteiger partial charge in [-0.25, -0.2) is 0 Å². The molecule has 1 N–H and O–H groups in total. The predicted octanol–water partition coefficient (Wildman–Crippen LogP) is 4.99. The molecule has 0 aliphatic carbocycles. The smallest absolute Gasteiger partial charge is 0.273 e. The lowest BCUT2D eigenvalue weighted by atomic mass is 9.95. The molecule has 0 bridgehead atoms. The zero-order chi connectivity index (χ0) is 22.1. The molecule has 162 valence electrons. The number of benzene rings is 2. The largest absolute Gasteiger partial charge is 0.493 e. The summed E-state index contributed by atoms with van der Waals surface area (Å²) in [7, 11) is 1.63. The molecule has 1 aromatic heterocycles. The van der Waals surface area contributed by atoms with Gasteiger partial charge in [0.1, 0.15) is 5.69 Å². The SMILES string of the molecule is CCOc1ccc(C2c3c(-c4ccc(C)cc4)n[nH]c3C(=O)N2CC(C)C)cc1OC. The van der Waals surface area contributed by atoms with E-state index in [0.717, 1.165) is 22.4 Å². The van der Waals surface area contributed by atoms with E-state index in [1.807, 2.05) is 30.0 Å². The molecule has 0 radical (unpaired) electrons. The molecule has 0 saturated heterocycles. The lowest BCUT2D eigenvalue weighted by molar-refractivity contribution is 0.0722. The molecule has 1 unspecified atom stereocenters. The molecule has 31 heavy (non-hydrogen) atoms. The second-order valence-electron chi connectivity index (χ2n) is 8.32. The van der Waals surface area contributed by atoms with E-state index in [0.29, 0.717) is 36.3 Å². The van der Waals surface area contributed by atoms with E-state index < -0.39 is 0 Å². The number of nitrogens with zero attached hydrogens (tertiary/aromatic N) is 2. The highest BCUT2D eigenvalue weighted by atomic mass is 16.5. The maximum Gasteiger partial charge on any atom is 0.273 e. The van der Waals surface area contributed by atoms with Gasteiger partial charge >= 0.3 is 0 Å². The highest BCUT2D eigenvalue weighted by molar-refractivity contribution is 6.00. The molecule has 1 atom stereocenters. The zero-order valence-corrected chi connectivity index (χ0v) is 18.7. The highest BCUT2D eigenvalue weighted by Gasteiger charge is 2.42. The Morgan fingerprint density at radius 1 is 1.13 bits per heavy atom. The molecule has 1 aliphatic heterocycles. The van der Waals surface area contributed by atoms with Crippen LogP contribution in [0.1, 0.15) is 54.0 Å². The van der Waals surface area contributed by atoms with Gasteiger partial charge in [-0.15, -0.1) is 0 Å². The van der Waals surface area contributed by atoms with Crippen LogP contribution >= 0.6 is 0 Å². The fraction of sp³-hybridized carbons (Fsp3) is 0.360. The van der Waals surface area contributed by atoms with Gasteiger partial charge in [0.25, 0.3) is 5.91 Å². The summed E-state index contributed by atoms with van der Waals surface area (Å²) in [4.78, 5) is 15.3. The van der Waals surface area contributed by atoms with Crippen molar-refractivity contribution in [2.75, 3.05) is 20.3 Å². The van der Waals surface area contributed by atoms with Crippen LogP contribution in [0, 0.1) is 12.8 Å². The van der Waals surface area contributed by atoms with Crippen LogP contribution in [0.15, 0.2) is 42.5 Å². The van der Waals surface area contributed by atoms with Gasteiger partial charge in [0.05, 0.1) is 25.5 Å². The number of aromatic nitrogens is 2. The van der Waals surface area contributed by atoms with E-state index in [-0.39, 0.29) is 11.9 Å². The highest BCUT2D eigenvalue weighted by Crippen LogP contribution is 2.44. The molecule has 0 spiro atoms. The Bertz CT molecular complexity index is 1090. The van der Waals surface area contributed by atoms with Crippen molar-refractivity contribution in [2.24, 2.45) is 5.92 Å². The summed E-state index contributed by atoms with van der Waals surface area (Å²) in [6.07, 6.45) is 0. The Labute approximate surface area is 183 Å². The van der Waals surface area contributed by atoms with Gasteiger partial charge in [0, 0.05) is 17.7 Å². The minimum atomic E-state index is -0.246. The minimum absolute atomic E-state index is 0.0209. The molecule has 1 amide bonds. The van der Waals surface area contributed by atoms with Crippen LogP contribution in [-0.2, 0) is 0 Å². The van der Waals surface area contributed by atoms with Crippen molar-refractivity contribution in [3.05, 3.63) is 64.8 Å². The normalized spacial score (nSPS) is 15.5. The topological polar surface area (TPSA) is 67.5 Å². The quantitative estimate of drug-likeness (QED) is 0.586. The number of hydrogen-bond acceptors (Lipinski definition) is 4. The van der Waals surface area contributed by atoms with Crippen molar-refractivity contribution in [1.29, 1.82) is 0 Å². The predicted molar refractivity (Wildman–Crippen MR) is 121 cm³/mol. The Morgan fingerprint density at radius 2 is 1.87 bits per heavy atom. The summed E-state index contributed by atoms with van der Waals surface area (Å²) in [5, 5.41) is 7.55. The van der Waals surface area contributed by atoms with Gasteiger partial charge in [-0.05, 0) is 37.5 Å². The molecule has 3 aromatic rings. The third-order valence-corrected chi connectivity index (χ3v) is 5.55. The van der Waals surface area contributed by atoms with Crippen LogP contribution in [0.5, 0.6) is 11.5 Å². The third kappa shape index (κ3) is 3.78. The number of aromatic amines is 1. The summed E-state index contributed by atoms with van der Waals surface area (Å²) >= 11 is 0. The molecule has 2 heterocycles. The summed E-state index contributed by atoms with van der Waals surface area (Å²) < 4.78 is 11.3. The van der Waals surface area contributed by atoms with Crippen LogP contribution in [0.3, 0.4) is 0 Å². The van der Waals surface area contributed by atoms with Crippen LogP contribution in [0.4, 0.5) is 0 Å². The molecular formula is C25H29N3O3. The monoisotopic (exact) mass is 419 g/mol. The van der Waals surface area contributed by atoms with E-state index in [2.05, 4.69) is 55.2 Å². The molecule has 4 rings (SSSR count). The average molecular weight is 420 g/mol. The maximum absolute atomic E-state index is 13.3. The number of hydrogen-bond donors (Lipinski definition) is 1. The maximum atomic E-state index is 13.3. The lowest BCUT2D eigenvalue weighted by Crippen LogP contribution is -2.32. The number of H-pyrrole nitrogens is 1. The molecule has 6 heteroatoms. The van der Waals surface area contributed by atoms with Crippen molar-refractivity contribution in [1.82, 2.24) is 15.1 Å². The van der Waals surface area contributed by atoms with Crippen molar-refractivity contribution in [3.63, 3.8) is 0 Å². The van der Waals surface area contributed by atoms with E-state index in [9.17, 15) is 4.79 Å². The number of methoxy groups -OCH3 is 1.